The number of amides is 1. The molecule has 1 aromatic rings. The number of pyridine rings is 1. The van der Waals surface area contributed by atoms with Crippen molar-refractivity contribution < 1.29 is 9.53 Å². The Hall–Kier alpha value is -0.980. The predicted octanol–water partition coefficient (Wildman–Crippen LogP) is 1.55. The van der Waals surface area contributed by atoms with Crippen LogP contribution in [0.2, 0.25) is 0 Å². The quantitative estimate of drug-likeness (QED) is 0.824. The lowest BCUT2D eigenvalue weighted by molar-refractivity contribution is -0.118. The van der Waals surface area contributed by atoms with Crippen LogP contribution < -0.4 is 10.6 Å². The molecule has 1 saturated carbocycles. The van der Waals surface area contributed by atoms with Crippen LogP contribution in [0, 0.1) is 5.41 Å². The van der Waals surface area contributed by atoms with E-state index in [1.54, 1.807) is 13.2 Å². The zero-order chi connectivity index (χ0) is 13.5. The maximum atomic E-state index is 12.2. The van der Waals surface area contributed by atoms with E-state index in [9.17, 15) is 4.79 Å². The SMILES string of the molecule is COCC12CC1N[C@H](C(=O)Nc1cccc(Br)n1)C2. The van der Waals surface area contributed by atoms with Crippen molar-refractivity contribution >= 4 is 27.7 Å². The van der Waals surface area contributed by atoms with Crippen LogP contribution in [-0.2, 0) is 9.53 Å². The third-order valence-electron chi connectivity index (χ3n) is 3.92. The number of hydrogen-bond acceptors (Lipinski definition) is 4. The smallest absolute Gasteiger partial charge is 0.242 e. The molecular weight excluding hydrogens is 310 g/mol. The van der Waals surface area contributed by atoms with E-state index in [-0.39, 0.29) is 17.4 Å². The van der Waals surface area contributed by atoms with Gasteiger partial charge in [-0.25, -0.2) is 4.98 Å². The van der Waals surface area contributed by atoms with E-state index in [0.29, 0.717) is 16.5 Å². The zero-order valence-corrected chi connectivity index (χ0v) is 12.2. The molecule has 0 bridgehead atoms. The minimum atomic E-state index is -0.144. The minimum Gasteiger partial charge on any atom is -0.384 e. The van der Waals surface area contributed by atoms with Gasteiger partial charge in [-0.1, -0.05) is 6.07 Å². The number of methoxy groups -OCH3 is 1. The summed E-state index contributed by atoms with van der Waals surface area (Å²) in [5.74, 6) is 0.552. The van der Waals surface area contributed by atoms with E-state index in [4.69, 9.17) is 4.74 Å². The summed E-state index contributed by atoms with van der Waals surface area (Å²) in [7, 11) is 1.71. The molecule has 2 fully saturated rings. The highest BCUT2D eigenvalue weighted by atomic mass is 79.9. The summed E-state index contributed by atoms with van der Waals surface area (Å²) in [6, 6.07) is 5.74. The molecule has 3 rings (SSSR count). The van der Waals surface area contributed by atoms with Crippen molar-refractivity contribution in [2.24, 2.45) is 5.41 Å². The van der Waals surface area contributed by atoms with Gasteiger partial charge in [-0.05, 0) is 40.9 Å². The fourth-order valence-electron chi connectivity index (χ4n) is 2.88. The second-order valence-corrected chi connectivity index (χ2v) is 6.12. The molecule has 1 aromatic heterocycles. The molecule has 102 valence electrons. The van der Waals surface area contributed by atoms with Crippen LogP contribution in [0.5, 0.6) is 0 Å². The van der Waals surface area contributed by atoms with E-state index >= 15 is 0 Å². The number of nitrogens with zero attached hydrogens (tertiary/aromatic N) is 1. The van der Waals surface area contributed by atoms with Crippen molar-refractivity contribution in [2.75, 3.05) is 19.0 Å². The molecule has 2 N–H and O–H groups in total. The molecule has 1 aliphatic carbocycles. The number of carbonyl (C=O) groups excluding carboxylic acids is 1. The number of halogens is 1. The summed E-state index contributed by atoms with van der Waals surface area (Å²) in [5.41, 5.74) is 0.182. The number of fused-ring (bicyclic) bond motifs is 1. The molecule has 2 aliphatic rings. The van der Waals surface area contributed by atoms with Gasteiger partial charge >= 0.3 is 0 Å². The van der Waals surface area contributed by atoms with Gasteiger partial charge in [-0.2, -0.15) is 0 Å². The number of anilines is 1. The molecule has 3 atom stereocenters. The summed E-state index contributed by atoms with van der Waals surface area (Å²) < 4.78 is 5.95. The van der Waals surface area contributed by atoms with Gasteiger partial charge < -0.3 is 15.4 Å². The highest BCUT2D eigenvalue weighted by Gasteiger charge is 2.61. The highest BCUT2D eigenvalue weighted by Crippen LogP contribution is 2.54. The van der Waals surface area contributed by atoms with E-state index in [0.717, 1.165) is 19.4 Å². The first-order valence-corrected chi connectivity index (χ1v) is 7.11. The molecule has 0 aromatic carbocycles. The highest BCUT2D eigenvalue weighted by molar-refractivity contribution is 9.10. The van der Waals surface area contributed by atoms with Gasteiger partial charge in [-0.15, -0.1) is 0 Å². The Morgan fingerprint density at radius 3 is 3.21 bits per heavy atom. The summed E-state index contributed by atoms with van der Waals surface area (Å²) in [6.07, 6.45) is 1.95. The van der Waals surface area contributed by atoms with E-state index in [1.807, 2.05) is 12.1 Å². The average molecular weight is 326 g/mol. The standard InChI is InChI=1S/C13H16BrN3O2/c1-19-7-13-5-8(15-9(13)6-13)12(18)17-11-4-2-3-10(14)16-11/h2-4,8-9,15H,5-7H2,1H3,(H,16,17,18)/t8-,9?,13?/m0/s1. The van der Waals surface area contributed by atoms with Crippen molar-refractivity contribution in [3.8, 4) is 0 Å². The molecule has 19 heavy (non-hydrogen) atoms. The summed E-state index contributed by atoms with van der Waals surface area (Å²) in [4.78, 5) is 16.4. The molecule has 1 saturated heterocycles. The third-order valence-corrected chi connectivity index (χ3v) is 4.36. The lowest BCUT2D eigenvalue weighted by atomic mass is 10.0. The van der Waals surface area contributed by atoms with Crippen LogP contribution in [0.25, 0.3) is 0 Å². The lowest BCUT2D eigenvalue weighted by Gasteiger charge is -2.15. The van der Waals surface area contributed by atoms with E-state index in [1.165, 1.54) is 0 Å². The Bertz CT molecular complexity index is 510. The van der Waals surface area contributed by atoms with Gasteiger partial charge in [0.2, 0.25) is 5.91 Å². The number of nitrogens with one attached hydrogen (secondary N) is 2. The summed E-state index contributed by atoms with van der Waals surface area (Å²) in [6.45, 7) is 0.726. The Morgan fingerprint density at radius 2 is 2.47 bits per heavy atom. The van der Waals surface area contributed by atoms with Gasteiger partial charge in [-0.3, -0.25) is 4.79 Å². The van der Waals surface area contributed by atoms with Crippen LogP contribution in [0.15, 0.2) is 22.8 Å². The van der Waals surface area contributed by atoms with Gasteiger partial charge in [0.1, 0.15) is 10.4 Å². The van der Waals surface area contributed by atoms with Crippen molar-refractivity contribution in [3.05, 3.63) is 22.8 Å². The minimum absolute atomic E-state index is 0.0201. The van der Waals surface area contributed by atoms with Crippen LogP contribution in [0.3, 0.4) is 0 Å². The van der Waals surface area contributed by atoms with Crippen LogP contribution in [0.1, 0.15) is 12.8 Å². The van der Waals surface area contributed by atoms with E-state index < -0.39 is 0 Å². The van der Waals surface area contributed by atoms with Crippen LogP contribution in [0.4, 0.5) is 5.82 Å². The number of rotatable bonds is 4. The molecule has 2 unspecified atom stereocenters. The largest absolute Gasteiger partial charge is 0.384 e. The molecular formula is C13H16BrN3O2. The molecule has 2 heterocycles. The number of ether oxygens (including phenoxy) is 1. The third kappa shape index (κ3) is 2.52. The van der Waals surface area contributed by atoms with Crippen molar-refractivity contribution in [1.29, 1.82) is 0 Å². The fourth-order valence-corrected chi connectivity index (χ4v) is 3.23. The van der Waals surface area contributed by atoms with Gasteiger partial charge in [0.25, 0.3) is 0 Å². The second kappa shape index (κ2) is 4.85. The number of hydrogen-bond donors (Lipinski definition) is 2. The zero-order valence-electron chi connectivity index (χ0n) is 10.6. The number of piperidine rings is 1. The monoisotopic (exact) mass is 325 g/mol. The lowest BCUT2D eigenvalue weighted by Crippen LogP contribution is -2.38. The van der Waals surface area contributed by atoms with Gasteiger partial charge in [0, 0.05) is 18.6 Å². The maximum Gasteiger partial charge on any atom is 0.242 e. The second-order valence-electron chi connectivity index (χ2n) is 5.31. The van der Waals surface area contributed by atoms with Crippen molar-refractivity contribution in [3.63, 3.8) is 0 Å². The normalized spacial score (nSPS) is 31.9. The molecule has 0 spiro atoms. The Morgan fingerprint density at radius 1 is 1.63 bits per heavy atom. The Balaban J connectivity index is 1.61. The Labute approximate surface area is 120 Å². The molecule has 1 amide bonds. The van der Waals surface area contributed by atoms with Crippen molar-refractivity contribution in [2.45, 2.75) is 24.9 Å². The van der Waals surface area contributed by atoms with E-state index in [2.05, 4.69) is 31.5 Å². The first-order chi connectivity index (χ1) is 9.13. The topological polar surface area (TPSA) is 63.2 Å². The van der Waals surface area contributed by atoms with Crippen LogP contribution in [-0.4, -0.2) is 36.7 Å². The first-order valence-electron chi connectivity index (χ1n) is 6.31. The molecule has 1 aliphatic heterocycles. The van der Waals surface area contributed by atoms with Crippen LogP contribution >= 0.6 is 15.9 Å². The van der Waals surface area contributed by atoms with Gasteiger partial charge in [0.05, 0.1) is 12.6 Å². The number of aromatic nitrogens is 1. The van der Waals surface area contributed by atoms with Gasteiger partial charge in [0.15, 0.2) is 0 Å². The Kier molecular flexibility index (Phi) is 3.32. The average Bonchev–Trinajstić information content (AvgIpc) is 2.90. The molecule has 0 radical (unpaired) electrons. The first kappa shape index (κ1) is 13.0. The number of carbonyl (C=O) groups is 1. The maximum absolute atomic E-state index is 12.2. The fraction of sp³-hybridized carbons (Fsp3) is 0.538. The summed E-state index contributed by atoms with van der Waals surface area (Å²) in [5, 5.41) is 6.20. The molecule has 5 nitrogen and oxygen atoms in total. The van der Waals surface area contributed by atoms with Crippen molar-refractivity contribution in [1.82, 2.24) is 10.3 Å². The molecule has 6 heteroatoms. The predicted molar refractivity (Wildman–Crippen MR) is 74.8 cm³/mol. The summed E-state index contributed by atoms with van der Waals surface area (Å²) >= 11 is 3.29.